The van der Waals surface area contributed by atoms with Gasteiger partial charge in [0, 0.05) is 58.0 Å². The van der Waals surface area contributed by atoms with Crippen molar-refractivity contribution < 1.29 is 31.8 Å². The molecule has 9 nitrogen and oxygen atoms in total. The van der Waals surface area contributed by atoms with Crippen LogP contribution in [0.5, 0.6) is 5.75 Å². The first kappa shape index (κ1) is 32.8. The number of thiophene rings is 1. The van der Waals surface area contributed by atoms with Gasteiger partial charge in [0.15, 0.2) is 0 Å². The molecule has 3 heterocycles. The van der Waals surface area contributed by atoms with Gasteiger partial charge in [0.2, 0.25) is 10.0 Å². The predicted molar refractivity (Wildman–Crippen MR) is 171 cm³/mol. The second-order valence-corrected chi connectivity index (χ2v) is 14.8. The number of aliphatic hydroxyl groups is 1. The molecule has 2 aromatic heterocycles. The quantitative estimate of drug-likeness (QED) is 0.188. The maximum Gasteiger partial charge on any atom is 0.265 e. The van der Waals surface area contributed by atoms with E-state index in [-0.39, 0.29) is 40.2 Å². The molecule has 4 aromatic rings. The molecule has 45 heavy (non-hydrogen) atoms. The lowest BCUT2D eigenvalue weighted by Gasteiger charge is -2.45. The molecule has 14 heteroatoms. The van der Waals surface area contributed by atoms with Gasteiger partial charge in [0.1, 0.15) is 29.7 Å². The van der Waals surface area contributed by atoms with Crippen molar-refractivity contribution in [3.63, 3.8) is 0 Å². The third kappa shape index (κ3) is 7.79. The monoisotopic (exact) mass is 676 g/mol. The maximum atomic E-state index is 13.9. The van der Waals surface area contributed by atoms with Crippen LogP contribution in [0, 0.1) is 24.5 Å². The highest BCUT2D eigenvalue weighted by atomic mass is 35.5. The second-order valence-electron chi connectivity index (χ2n) is 11.3. The lowest BCUT2D eigenvalue weighted by molar-refractivity contribution is -0.0713. The van der Waals surface area contributed by atoms with E-state index in [2.05, 4.69) is 19.9 Å². The number of benzene rings is 2. The summed E-state index contributed by atoms with van der Waals surface area (Å²) in [5, 5.41) is 14.4. The Kier molecular flexibility index (Phi) is 9.20. The number of amides is 1. The number of aromatic nitrogens is 1. The molecule has 1 saturated heterocycles. The minimum Gasteiger partial charge on any atom is -0.487 e. The fraction of sp³-hybridized carbons (Fsp3) is 0.290. The lowest BCUT2D eigenvalue weighted by atomic mass is 9.79. The van der Waals surface area contributed by atoms with Crippen LogP contribution < -0.4 is 14.8 Å². The van der Waals surface area contributed by atoms with Gasteiger partial charge in [-0.25, -0.2) is 17.2 Å². The van der Waals surface area contributed by atoms with Gasteiger partial charge in [0.25, 0.3) is 5.91 Å². The first-order valence-corrected chi connectivity index (χ1v) is 16.9. The van der Waals surface area contributed by atoms with Crippen LogP contribution in [-0.2, 0) is 22.2 Å². The zero-order valence-corrected chi connectivity index (χ0v) is 27.2. The van der Waals surface area contributed by atoms with E-state index in [1.807, 2.05) is 14.0 Å². The van der Waals surface area contributed by atoms with Gasteiger partial charge in [-0.3, -0.25) is 14.5 Å². The smallest absolute Gasteiger partial charge is 0.265 e. The fourth-order valence-electron chi connectivity index (χ4n) is 5.14. The Labute approximate surface area is 268 Å². The molecule has 0 saturated carbocycles. The van der Waals surface area contributed by atoms with Gasteiger partial charge in [-0.05, 0) is 68.9 Å². The third-order valence-corrected chi connectivity index (χ3v) is 9.34. The molecule has 1 fully saturated rings. The van der Waals surface area contributed by atoms with Crippen molar-refractivity contribution in [2.45, 2.75) is 26.1 Å². The van der Waals surface area contributed by atoms with Crippen molar-refractivity contribution in [3.05, 3.63) is 92.3 Å². The standard InChI is InChI=1S/C31H31ClF2N4O5S2/c1-17-26(12-28(44-17)30(39)36-24-8-21(32)9-25(11-24)37-45(4,41)42)29-27(43-16-18-5-22(33)10-23(34)6-18)7-19(13-35-29)31(2,40)20-14-38(3)15-20/h5-13,20,37,40H,14-16H2,1-4H3,(H,36,39). The Bertz CT molecular complexity index is 1860. The fourth-order valence-corrected chi connectivity index (χ4v) is 6.83. The number of carbonyl (C=O) groups is 1. The van der Waals surface area contributed by atoms with Gasteiger partial charge in [-0.1, -0.05) is 11.6 Å². The summed E-state index contributed by atoms with van der Waals surface area (Å²) in [6.07, 6.45) is 2.57. The van der Waals surface area contributed by atoms with Crippen LogP contribution in [0.1, 0.15) is 32.6 Å². The molecular formula is C31H31ClF2N4O5S2. The number of carbonyl (C=O) groups excluding carboxylic acids is 1. The first-order valence-electron chi connectivity index (χ1n) is 13.8. The van der Waals surface area contributed by atoms with Crippen LogP contribution in [-0.4, -0.2) is 55.7 Å². The predicted octanol–water partition coefficient (Wildman–Crippen LogP) is 6.02. The number of nitrogens with zero attached hydrogens (tertiary/aromatic N) is 2. The van der Waals surface area contributed by atoms with E-state index in [4.69, 9.17) is 16.3 Å². The second kappa shape index (κ2) is 12.6. The number of rotatable bonds is 10. The molecule has 2 aromatic carbocycles. The number of ether oxygens (including phenoxy) is 1. The molecule has 1 aliphatic rings. The Hall–Kier alpha value is -3.62. The summed E-state index contributed by atoms with van der Waals surface area (Å²) in [7, 11) is -1.60. The average molecular weight is 677 g/mol. The minimum absolute atomic E-state index is 0.0295. The number of sulfonamides is 1. The van der Waals surface area contributed by atoms with E-state index in [0.717, 1.165) is 17.2 Å². The Morgan fingerprint density at radius 2 is 1.80 bits per heavy atom. The average Bonchev–Trinajstić information content (AvgIpc) is 3.29. The normalized spacial score (nSPS) is 15.3. The molecule has 1 amide bonds. The minimum atomic E-state index is -3.57. The number of anilines is 2. The van der Waals surface area contributed by atoms with Crippen LogP contribution >= 0.6 is 22.9 Å². The van der Waals surface area contributed by atoms with Crippen LogP contribution in [0.4, 0.5) is 20.2 Å². The number of hydrogen-bond donors (Lipinski definition) is 3. The molecule has 0 aliphatic carbocycles. The largest absolute Gasteiger partial charge is 0.487 e. The molecule has 1 aliphatic heterocycles. The number of hydrogen-bond acceptors (Lipinski definition) is 8. The van der Waals surface area contributed by atoms with E-state index in [0.29, 0.717) is 34.8 Å². The summed E-state index contributed by atoms with van der Waals surface area (Å²) in [4.78, 5) is 21.1. The van der Waals surface area contributed by atoms with E-state index in [1.165, 1.54) is 41.7 Å². The Morgan fingerprint density at radius 3 is 2.44 bits per heavy atom. The third-order valence-electron chi connectivity index (χ3n) is 7.47. The number of halogens is 3. The summed E-state index contributed by atoms with van der Waals surface area (Å²) in [6.45, 7) is 4.77. The number of pyridine rings is 1. The highest BCUT2D eigenvalue weighted by molar-refractivity contribution is 7.92. The molecular weight excluding hydrogens is 646 g/mol. The van der Waals surface area contributed by atoms with E-state index >= 15 is 0 Å². The van der Waals surface area contributed by atoms with Crippen molar-refractivity contribution in [1.82, 2.24) is 9.88 Å². The molecule has 0 spiro atoms. The zero-order valence-electron chi connectivity index (χ0n) is 24.8. The van der Waals surface area contributed by atoms with E-state index in [1.54, 1.807) is 25.3 Å². The molecule has 1 atom stereocenters. The summed E-state index contributed by atoms with van der Waals surface area (Å²) in [5.41, 5.74) is 1.02. The topological polar surface area (TPSA) is 121 Å². The van der Waals surface area contributed by atoms with Crippen molar-refractivity contribution in [1.29, 1.82) is 0 Å². The summed E-state index contributed by atoms with van der Waals surface area (Å²) >= 11 is 7.35. The first-order chi connectivity index (χ1) is 21.1. The SMILES string of the molecule is Cc1sc(C(=O)Nc2cc(Cl)cc(NS(C)(=O)=O)c2)cc1-c1ncc(C(C)(O)C2CN(C)C2)cc1OCc1cc(F)cc(F)c1. The van der Waals surface area contributed by atoms with E-state index < -0.39 is 33.2 Å². The number of nitrogens with one attached hydrogen (secondary N) is 2. The molecule has 1 unspecified atom stereocenters. The molecule has 3 N–H and O–H groups in total. The van der Waals surface area contributed by atoms with Gasteiger partial charge in [-0.2, -0.15) is 0 Å². The van der Waals surface area contributed by atoms with Gasteiger partial charge in [-0.15, -0.1) is 11.3 Å². The van der Waals surface area contributed by atoms with Crippen LogP contribution in [0.3, 0.4) is 0 Å². The summed E-state index contributed by atoms with van der Waals surface area (Å²) in [5.74, 6) is -1.70. The van der Waals surface area contributed by atoms with Gasteiger partial charge < -0.3 is 20.1 Å². The maximum absolute atomic E-state index is 13.9. The Balaban J connectivity index is 1.46. The number of likely N-dealkylation sites (tertiary alicyclic amines) is 1. The van der Waals surface area contributed by atoms with Crippen molar-refractivity contribution in [2.24, 2.45) is 5.92 Å². The van der Waals surface area contributed by atoms with Crippen LogP contribution in [0.15, 0.2) is 54.7 Å². The molecule has 5 rings (SSSR count). The molecule has 238 valence electrons. The Morgan fingerprint density at radius 1 is 1.13 bits per heavy atom. The van der Waals surface area contributed by atoms with E-state index in [9.17, 15) is 27.1 Å². The van der Waals surface area contributed by atoms with Crippen molar-refractivity contribution >= 4 is 50.2 Å². The van der Waals surface area contributed by atoms with Crippen molar-refractivity contribution in [2.75, 3.05) is 36.4 Å². The van der Waals surface area contributed by atoms with Crippen LogP contribution in [0.2, 0.25) is 5.02 Å². The summed E-state index contributed by atoms with van der Waals surface area (Å²) < 4.78 is 59.5. The van der Waals surface area contributed by atoms with Gasteiger partial charge in [0.05, 0.1) is 22.4 Å². The number of aryl methyl sites for hydroxylation is 1. The lowest BCUT2D eigenvalue weighted by Crippen LogP contribution is -2.53. The van der Waals surface area contributed by atoms with Crippen LogP contribution in [0.25, 0.3) is 11.3 Å². The molecule has 0 radical (unpaired) electrons. The zero-order chi connectivity index (χ0) is 32.7. The van der Waals surface area contributed by atoms with Crippen molar-refractivity contribution in [3.8, 4) is 17.0 Å². The highest BCUT2D eigenvalue weighted by Gasteiger charge is 2.41. The highest BCUT2D eigenvalue weighted by Crippen LogP contribution is 2.41. The van der Waals surface area contributed by atoms with Gasteiger partial charge >= 0.3 is 0 Å². The summed E-state index contributed by atoms with van der Waals surface area (Å²) in [6, 6.07) is 10.8. The molecule has 0 bridgehead atoms.